The van der Waals surface area contributed by atoms with Gasteiger partial charge in [-0.15, -0.1) is 0 Å². The Kier molecular flexibility index (Phi) is 6.20. The van der Waals surface area contributed by atoms with Gasteiger partial charge in [-0.1, -0.05) is 23.2 Å². The minimum absolute atomic E-state index is 0.106. The summed E-state index contributed by atoms with van der Waals surface area (Å²) in [6, 6.07) is 6.58. The third-order valence-corrected chi connectivity index (χ3v) is 6.49. The van der Waals surface area contributed by atoms with Crippen molar-refractivity contribution < 1.29 is 18.3 Å². The summed E-state index contributed by atoms with van der Waals surface area (Å²) < 4.78 is 31.3. The normalized spacial score (nSPS) is 15.0. The molecule has 10 heteroatoms. The molecule has 176 valence electrons. The number of fused-ring (bicyclic) bond motifs is 1. The first kappa shape index (κ1) is 22.7. The molecule has 1 fully saturated rings. The van der Waals surface area contributed by atoms with Crippen LogP contribution in [0.25, 0.3) is 22.1 Å². The quantitative estimate of drug-likeness (QED) is 0.340. The molecule has 0 spiro atoms. The number of benzene rings is 1. The maximum Gasteiger partial charge on any atom is 0.205 e. The van der Waals surface area contributed by atoms with Gasteiger partial charge < -0.3 is 24.5 Å². The van der Waals surface area contributed by atoms with Gasteiger partial charge in [-0.2, -0.15) is 0 Å². The number of hydrogen-bond donors (Lipinski definition) is 1. The average molecular weight is 503 g/mol. The van der Waals surface area contributed by atoms with E-state index in [4.69, 9.17) is 42.8 Å². The van der Waals surface area contributed by atoms with Crippen LogP contribution in [0.4, 0.5) is 16.0 Å². The fourth-order valence-corrected chi connectivity index (χ4v) is 4.67. The molecular formula is C24H21Cl2FN4O3. The van der Waals surface area contributed by atoms with Crippen LogP contribution in [0.1, 0.15) is 18.6 Å². The van der Waals surface area contributed by atoms with E-state index in [0.717, 1.165) is 30.0 Å². The Morgan fingerprint density at radius 2 is 1.91 bits per heavy atom. The maximum absolute atomic E-state index is 14.0. The summed E-state index contributed by atoms with van der Waals surface area (Å²) in [5.74, 6) is 0.660. The maximum atomic E-state index is 14.0. The van der Waals surface area contributed by atoms with E-state index in [-0.39, 0.29) is 21.6 Å². The molecule has 3 aromatic heterocycles. The number of furan rings is 1. The van der Waals surface area contributed by atoms with Crippen LogP contribution in [0.15, 0.2) is 47.3 Å². The number of anilines is 2. The molecular weight excluding hydrogens is 482 g/mol. The van der Waals surface area contributed by atoms with Gasteiger partial charge in [0.1, 0.15) is 17.7 Å². The highest BCUT2D eigenvalue weighted by molar-refractivity contribution is 6.36. The molecule has 7 nitrogen and oxygen atoms in total. The Balaban J connectivity index is 1.47. The van der Waals surface area contributed by atoms with E-state index >= 15 is 0 Å². The molecule has 1 atom stereocenters. The number of aromatic nitrogens is 2. The average Bonchev–Trinajstić information content (AvgIpc) is 3.28. The largest absolute Gasteiger partial charge is 0.478 e. The molecule has 4 heterocycles. The molecule has 1 aliphatic rings. The van der Waals surface area contributed by atoms with Gasteiger partial charge in [0.25, 0.3) is 0 Å². The van der Waals surface area contributed by atoms with E-state index in [1.54, 1.807) is 25.6 Å². The summed E-state index contributed by atoms with van der Waals surface area (Å²) in [5, 5.41) is 0.878. The van der Waals surface area contributed by atoms with Crippen LogP contribution in [0.2, 0.25) is 10.0 Å². The molecule has 0 amide bonds. The summed E-state index contributed by atoms with van der Waals surface area (Å²) in [5.41, 5.74) is 8.48. The van der Waals surface area contributed by atoms with Crippen LogP contribution in [0.5, 0.6) is 5.75 Å². The predicted molar refractivity (Wildman–Crippen MR) is 130 cm³/mol. The van der Waals surface area contributed by atoms with Crippen LogP contribution >= 0.6 is 23.2 Å². The second-order valence-electron chi connectivity index (χ2n) is 7.89. The molecule has 2 N–H and O–H groups in total. The van der Waals surface area contributed by atoms with Crippen molar-refractivity contribution in [2.45, 2.75) is 13.0 Å². The van der Waals surface area contributed by atoms with E-state index in [0.29, 0.717) is 29.7 Å². The van der Waals surface area contributed by atoms with Crippen molar-refractivity contribution >= 4 is 45.8 Å². The fraction of sp³-hybridized carbons (Fsp3) is 0.250. The number of nitrogen functional groups attached to an aromatic ring is 1. The molecule has 0 radical (unpaired) electrons. The minimum atomic E-state index is -0.714. The smallest absolute Gasteiger partial charge is 0.205 e. The van der Waals surface area contributed by atoms with Crippen molar-refractivity contribution in [3.8, 4) is 16.9 Å². The van der Waals surface area contributed by atoms with Crippen molar-refractivity contribution in [2.24, 2.45) is 0 Å². The monoisotopic (exact) mass is 502 g/mol. The third kappa shape index (κ3) is 4.13. The number of pyridine rings is 2. The number of rotatable bonds is 5. The SMILES string of the molecule is CC(Oc1c(N)ncc2c(-c3ccc(N4CCOCC4)nc3)coc12)c1c(Cl)ccc(F)c1Cl. The van der Waals surface area contributed by atoms with Gasteiger partial charge in [-0.25, -0.2) is 14.4 Å². The summed E-state index contributed by atoms with van der Waals surface area (Å²) in [6.45, 7) is 4.69. The number of hydrogen-bond acceptors (Lipinski definition) is 7. The van der Waals surface area contributed by atoms with Crippen LogP contribution in [-0.4, -0.2) is 36.3 Å². The van der Waals surface area contributed by atoms with Crippen molar-refractivity contribution in [1.82, 2.24) is 9.97 Å². The molecule has 5 rings (SSSR count). The summed E-state index contributed by atoms with van der Waals surface area (Å²) in [4.78, 5) is 11.1. The lowest BCUT2D eigenvalue weighted by molar-refractivity contribution is 0.122. The van der Waals surface area contributed by atoms with Crippen molar-refractivity contribution in [2.75, 3.05) is 36.9 Å². The summed E-state index contributed by atoms with van der Waals surface area (Å²) in [7, 11) is 0. The molecule has 0 saturated carbocycles. The standard InChI is InChI=1S/C24H21Cl2FN4O3/c1-13(20-17(25)3-4-18(27)21(20)26)34-23-22-15(11-30-24(23)28)16(12-33-22)14-2-5-19(29-10-14)31-6-8-32-9-7-31/h2-5,10-13H,6-9H2,1H3,(H2,28,30). The van der Waals surface area contributed by atoms with E-state index in [9.17, 15) is 4.39 Å². The molecule has 0 aliphatic carbocycles. The number of nitrogens with two attached hydrogens (primary N) is 1. The number of ether oxygens (including phenoxy) is 2. The summed E-state index contributed by atoms with van der Waals surface area (Å²) in [6.07, 6.45) is 4.31. The van der Waals surface area contributed by atoms with E-state index in [1.165, 1.54) is 12.1 Å². The Labute approximate surface area is 205 Å². The third-order valence-electron chi connectivity index (χ3n) is 5.78. The molecule has 34 heavy (non-hydrogen) atoms. The Morgan fingerprint density at radius 3 is 2.65 bits per heavy atom. The highest BCUT2D eigenvalue weighted by Crippen LogP contribution is 2.41. The second-order valence-corrected chi connectivity index (χ2v) is 8.67. The first-order valence-corrected chi connectivity index (χ1v) is 11.4. The number of halogens is 3. The highest BCUT2D eigenvalue weighted by atomic mass is 35.5. The van der Waals surface area contributed by atoms with Crippen molar-refractivity contribution in [3.63, 3.8) is 0 Å². The lowest BCUT2D eigenvalue weighted by Crippen LogP contribution is -2.36. The molecule has 4 aromatic rings. The zero-order valence-electron chi connectivity index (χ0n) is 18.2. The minimum Gasteiger partial charge on any atom is -0.478 e. The Hall–Kier alpha value is -3.07. The van der Waals surface area contributed by atoms with Crippen LogP contribution in [0.3, 0.4) is 0 Å². The molecule has 0 bridgehead atoms. The lowest BCUT2D eigenvalue weighted by Gasteiger charge is -2.27. The highest BCUT2D eigenvalue weighted by Gasteiger charge is 2.23. The Morgan fingerprint density at radius 1 is 1.12 bits per heavy atom. The first-order chi connectivity index (χ1) is 16.4. The summed E-state index contributed by atoms with van der Waals surface area (Å²) >= 11 is 12.4. The number of morpholine rings is 1. The molecule has 1 aliphatic heterocycles. The van der Waals surface area contributed by atoms with E-state index in [2.05, 4.69) is 14.9 Å². The van der Waals surface area contributed by atoms with Crippen LogP contribution < -0.4 is 15.4 Å². The zero-order chi connectivity index (χ0) is 23.8. The number of nitrogens with zero attached hydrogens (tertiary/aromatic N) is 3. The van der Waals surface area contributed by atoms with Gasteiger partial charge in [-0.05, 0) is 31.2 Å². The van der Waals surface area contributed by atoms with E-state index in [1.807, 2.05) is 12.1 Å². The van der Waals surface area contributed by atoms with Gasteiger partial charge >= 0.3 is 0 Å². The molecule has 1 saturated heterocycles. The second kappa shape index (κ2) is 9.29. The van der Waals surface area contributed by atoms with Gasteiger partial charge in [-0.3, -0.25) is 0 Å². The van der Waals surface area contributed by atoms with Gasteiger partial charge in [0.15, 0.2) is 11.4 Å². The van der Waals surface area contributed by atoms with Gasteiger partial charge in [0.05, 0.1) is 29.9 Å². The van der Waals surface area contributed by atoms with Gasteiger partial charge in [0.2, 0.25) is 5.75 Å². The predicted octanol–water partition coefficient (Wildman–Crippen LogP) is 5.89. The molecule has 1 unspecified atom stereocenters. The van der Waals surface area contributed by atoms with Crippen molar-refractivity contribution in [1.29, 1.82) is 0 Å². The van der Waals surface area contributed by atoms with Gasteiger partial charge in [0, 0.05) is 47.2 Å². The van der Waals surface area contributed by atoms with E-state index < -0.39 is 11.9 Å². The lowest BCUT2D eigenvalue weighted by atomic mass is 10.1. The zero-order valence-corrected chi connectivity index (χ0v) is 19.7. The van der Waals surface area contributed by atoms with Crippen LogP contribution in [0, 0.1) is 5.82 Å². The van der Waals surface area contributed by atoms with Crippen LogP contribution in [-0.2, 0) is 4.74 Å². The Bertz CT molecular complexity index is 1340. The fourth-order valence-electron chi connectivity index (χ4n) is 3.99. The first-order valence-electron chi connectivity index (χ1n) is 10.7. The molecule has 1 aromatic carbocycles. The van der Waals surface area contributed by atoms with Crippen molar-refractivity contribution in [3.05, 3.63) is 64.3 Å². The topological polar surface area (TPSA) is 86.6 Å².